The van der Waals surface area contributed by atoms with Crippen molar-refractivity contribution in [1.82, 2.24) is 4.90 Å². The lowest BCUT2D eigenvalue weighted by Crippen LogP contribution is -2.53. The molecule has 4 rings (SSSR count). The predicted molar refractivity (Wildman–Crippen MR) is 150 cm³/mol. The highest BCUT2D eigenvalue weighted by Gasteiger charge is 2.44. The molecular weight excluding hydrogens is 512 g/mol. The minimum Gasteiger partial charge on any atom is -0.511 e. The van der Waals surface area contributed by atoms with E-state index < -0.39 is 25.6 Å². The maximum absolute atomic E-state index is 13.9. The van der Waals surface area contributed by atoms with Crippen molar-refractivity contribution in [2.75, 3.05) is 22.8 Å². The maximum Gasteiger partial charge on any atom is 0.286 e. The van der Waals surface area contributed by atoms with Gasteiger partial charge in [-0.1, -0.05) is 46.5 Å². The third-order valence-corrected chi connectivity index (χ3v) is 9.09. The molecule has 2 heterocycles. The van der Waals surface area contributed by atoms with Gasteiger partial charge in [-0.15, -0.1) is 4.40 Å². The first-order chi connectivity index (χ1) is 17.2. The number of hydrogen-bond acceptors (Lipinski definition) is 6. The first-order valence-electron chi connectivity index (χ1n) is 12.8. The van der Waals surface area contributed by atoms with Crippen LogP contribution in [-0.4, -0.2) is 59.1 Å². The number of nitrogens with one attached hydrogen (secondary N) is 2. The van der Waals surface area contributed by atoms with Crippen LogP contribution in [0, 0.1) is 11.3 Å². The van der Waals surface area contributed by atoms with Gasteiger partial charge in [0, 0.05) is 40.2 Å². The van der Waals surface area contributed by atoms with E-state index in [-0.39, 0.29) is 45.1 Å². The van der Waals surface area contributed by atoms with Crippen molar-refractivity contribution in [3.05, 3.63) is 29.5 Å². The topological polar surface area (TPSA) is 128 Å². The van der Waals surface area contributed by atoms with Gasteiger partial charge in [-0.25, -0.2) is 4.21 Å². The Hall–Kier alpha value is -2.53. The fraction of sp³-hybridized carbons (Fsp3) is 0.577. The molecule has 1 aliphatic carbocycles. The summed E-state index contributed by atoms with van der Waals surface area (Å²) in [6.07, 6.45) is 7.81. The number of carbonyl (C=O) groups is 1. The normalized spacial score (nSPS) is 25.6. The van der Waals surface area contributed by atoms with Gasteiger partial charge in [0.2, 0.25) is 0 Å². The van der Waals surface area contributed by atoms with Crippen LogP contribution in [0.4, 0.5) is 11.4 Å². The summed E-state index contributed by atoms with van der Waals surface area (Å²) in [4.78, 5) is 15.6. The second kappa shape index (κ2) is 9.98. The average molecular weight is 551 g/mol. The molecule has 0 aromatic heterocycles. The SMILES string of the molecule is C=S(C)(=O)Nc1ccc2c(c1)S(=O)(=O)N=C(C1=C(O)C3CCCCCCC3N(CCC(C)(C)C)C1=O)N2. The van der Waals surface area contributed by atoms with Crippen LogP contribution < -0.4 is 10.0 Å². The number of anilines is 2. The molecule has 0 spiro atoms. The Bertz CT molecular complexity index is 1360. The zero-order valence-electron chi connectivity index (χ0n) is 22.0. The van der Waals surface area contributed by atoms with Crippen LogP contribution in [0.15, 0.2) is 38.8 Å². The maximum atomic E-state index is 13.9. The fourth-order valence-electron chi connectivity index (χ4n) is 5.27. The highest BCUT2D eigenvalue weighted by molar-refractivity contribution is 8.00. The number of aliphatic hydroxyl groups excluding tert-OH is 1. The second-order valence-electron chi connectivity index (χ2n) is 11.6. The molecule has 1 aromatic carbocycles. The number of amides is 1. The minimum atomic E-state index is -4.20. The highest BCUT2D eigenvalue weighted by atomic mass is 32.2. The van der Waals surface area contributed by atoms with Gasteiger partial charge in [-0.3, -0.25) is 4.79 Å². The summed E-state index contributed by atoms with van der Waals surface area (Å²) in [5, 5.41) is 14.4. The first kappa shape index (κ1) is 27.5. The van der Waals surface area contributed by atoms with Gasteiger partial charge >= 0.3 is 0 Å². The number of carbonyl (C=O) groups excluding carboxylic acids is 1. The van der Waals surface area contributed by atoms with Crippen LogP contribution in [0.3, 0.4) is 0 Å². The second-order valence-corrected chi connectivity index (χ2v) is 15.4. The molecule has 3 aliphatic rings. The molecule has 11 heteroatoms. The molecule has 204 valence electrons. The molecule has 0 radical (unpaired) electrons. The summed E-state index contributed by atoms with van der Waals surface area (Å²) in [6.45, 7) is 6.88. The molecular formula is C26H38N4O5S2. The van der Waals surface area contributed by atoms with Crippen molar-refractivity contribution in [3.63, 3.8) is 0 Å². The van der Waals surface area contributed by atoms with Crippen LogP contribution in [-0.2, 0) is 24.5 Å². The number of sulfonamides is 1. The molecule has 1 fully saturated rings. The Kier molecular flexibility index (Phi) is 7.42. The van der Waals surface area contributed by atoms with E-state index in [1.165, 1.54) is 18.4 Å². The van der Waals surface area contributed by atoms with Crippen LogP contribution in [0.5, 0.6) is 0 Å². The number of aliphatic hydroxyl groups is 1. The van der Waals surface area contributed by atoms with Crippen LogP contribution in [0.2, 0.25) is 0 Å². The van der Waals surface area contributed by atoms with Crippen molar-refractivity contribution in [1.29, 1.82) is 0 Å². The summed E-state index contributed by atoms with van der Waals surface area (Å²) >= 11 is 0. The number of hydrogen-bond donors (Lipinski definition) is 3. The lowest BCUT2D eigenvalue weighted by atomic mass is 9.79. The summed E-state index contributed by atoms with van der Waals surface area (Å²) in [5.41, 5.74) is 0.496. The van der Waals surface area contributed by atoms with Gasteiger partial charge in [0.15, 0.2) is 5.84 Å². The van der Waals surface area contributed by atoms with Crippen molar-refractivity contribution in [3.8, 4) is 0 Å². The van der Waals surface area contributed by atoms with E-state index in [4.69, 9.17) is 0 Å². The fourth-order valence-corrected chi connectivity index (χ4v) is 7.05. The Labute approximate surface area is 220 Å². The van der Waals surface area contributed by atoms with Gasteiger partial charge in [-0.05, 0) is 48.7 Å². The van der Waals surface area contributed by atoms with Crippen LogP contribution >= 0.6 is 0 Å². The average Bonchev–Trinajstić information content (AvgIpc) is 2.73. The zero-order valence-corrected chi connectivity index (χ0v) is 23.7. The Morgan fingerprint density at radius 2 is 1.89 bits per heavy atom. The van der Waals surface area contributed by atoms with E-state index in [0.717, 1.165) is 44.9 Å². The third-order valence-electron chi connectivity index (χ3n) is 7.11. The van der Waals surface area contributed by atoms with E-state index in [1.54, 1.807) is 6.07 Å². The van der Waals surface area contributed by atoms with Crippen molar-refractivity contribution >= 4 is 48.7 Å². The Balaban J connectivity index is 1.76. The van der Waals surface area contributed by atoms with E-state index >= 15 is 0 Å². The van der Waals surface area contributed by atoms with Crippen molar-refractivity contribution in [2.45, 2.75) is 76.7 Å². The van der Waals surface area contributed by atoms with E-state index in [0.29, 0.717) is 12.2 Å². The summed E-state index contributed by atoms with van der Waals surface area (Å²) < 4.78 is 45.1. The third kappa shape index (κ3) is 6.14. The molecule has 0 saturated heterocycles. The highest BCUT2D eigenvalue weighted by Crippen LogP contribution is 2.40. The molecule has 1 saturated carbocycles. The molecule has 2 aliphatic heterocycles. The summed E-state index contributed by atoms with van der Waals surface area (Å²) in [7, 11) is -6.82. The molecule has 1 aromatic rings. The van der Waals surface area contributed by atoms with Gasteiger partial charge < -0.3 is 20.0 Å². The predicted octanol–water partition coefficient (Wildman–Crippen LogP) is 4.30. The standard InChI is InChI=1S/C26H38N4O5S2/c1-26(2,3)14-15-30-20-11-9-7-6-8-10-18(20)23(31)22(25(30)32)24-27-19-13-12-17(28-36(4,5)33)16-21(19)37(34,35)29-24/h12-13,16,18,20,31H,4,6-11,14-15H2,1-3,5H3,(H,27,29)(H,28,33). The van der Waals surface area contributed by atoms with Crippen LogP contribution in [0.25, 0.3) is 0 Å². The van der Waals surface area contributed by atoms with Crippen molar-refractivity contribution in [2.24, 2.45) is 15.7 Å². The Morgan fingerprint density at radius 1 is 1.22 bits per heavy atom. The summed E-state index contributed by atoms with van der Waals surface area (Å²) in [6, 6.07) is 4.32. The zero-order chi connectivity index (χ0) is 27.2. The van der Waals surface area contributed by atoms with Gasteiger partial charge in [0.1, 0.15) is 16.2 Å². The quantitative estimate of drug-likeness (QED) is 0.469. The number of amidine groups is 1. The van der Waals surface area contributed by atoms with Crippen molar-refractivity contribution < 1.29 is 22.5 Å². The summed E-state index contributed by atoms with van der Waals surface area (Å²) in [5.74, 6) is 2.65. The minimum absolute atomic E-state index is 0.00524. The number of benzene rings is 1. The lowest BCUT2D eigenvalue weighted by molar-refractivity contribution is -0.132. The van der Waals surface area contributed by atoms with Gasteiger partial charge in [-0.2, -0.15) is 8.42 Å². The first-order valence-corrected chi connectivity index (χ1v) is 16.3. The van der Waals surface area contributed by atoms with E-state index in [9.17, 15) is 22.5 Å². The largest absolute Gasteiger partial charge is 0.511 e. The molecule has 3 N–H and O–H groups in total. The van der Waals surface area contributed by atoms with Gasteiger partial charge in [0.25, 0.3) is 15.9 Å². The monoisotopic (exact) mass is 550 g/mol. The number of rotatable bonds is 5. The number of nitrogens with zero attached hydrogens (tertiary/aromatic N) is 2. The molecule has 3 atom stereocenters. The molecule has 0 bridgehead atoms. The smallest absolute Gasteiger partial charge is 0.286 e. The molecule has 9 nitrogen and oxygen atoms in total. The number of fused-ring (bicyclic) bond motifs is 2. The van der Waals surface area contributed by atoms with Gasteiger partial charge in [0.05, 0.1) is 5.69 Å². The lowest BCUT2D eigenvalue weighted by Gasteiger charge is -2.43. The molecule has 1 amide bonds. The van der Waals surface area contributed by atoms with Crippen LogP contribution in [0.1, 0.15) is 65.7 Å². The molecule has 37 heavy (non-hydrogen) atoms. The molecule has 3 unspecified atom stereocenters. The Morgan fingerprint density at radius 3 is 2.54 bits per heavy atom. The van der Waals surface area contributed by atoms with E-state index in [2.05, 4.69) is 41.1 Å². The van der Waals surface area contributed by atoms with E-state index in [1.807, 2.05) is 4.90 Å².